The van der Waals surface area contributed by atoms with Crippen LogP contribution in [0, 0.1) is 18.3 Å². The maximum absolute atomic E-state index is 11.6. The van der Waals surface area contributed by atoms with E-state index in [0.717, 1.165) is 9.75 Å². The van der Waals surface area contributed by atoms with E-state index in [1.54, 1.807) is 41.7 Å². The predicted octanol–water partition coefficient (Wildman–Crippen LogP) is 2.17. The van der Waals surface area contributed by atoms with Crippen molar-refractivity contribution in [3.63, 3.8) is 0 Å². The summed E-state index contributed by atoms with van der Waals surface area (Å²) in [6, 6.07) is 12.4. The number of thiophene rings is 1. The highest BCUT2D eigenvalue weighted by Gasteiger charge is 2.06. The molecular weight excluding hydrogens is 326 g/mol. The van der Waals surface area contributed by atoms with Crippen LogP contribution in [0.1, 0.15) is 15.3 Å². The normalized spacial score (nSPS) is 10.2. The molecule has 1 aromatic heterocycles. The number of nitriles is 1. The Balaban J connectivity index is 1.75. The minimum absolute atomic E-state index is 0.313. The number of aryl methyl sites for hydroxylation is 1. The molecular formula is C17H15N3O3S. The third-order valence-electron chi connectivity index (χ3n) is 2.85. The lowest BCUT2D eigenvalue weighted by Crippen LogP contribution is -2.43. The van der Waals surface area contributed by atoms with Gasteiger partial charge < -0.3 is 4.74 Å². The van der Waals surface area contributed by atoms with Crippen molar-refractivity contribution >= 4 is 29.2 Å². The van der Waals surface area contributed by atoms with E-state index in [-0.39, 0.29) is 6.61 Å². The fraction of sp³-hybridized carbons (Fsp3) is 0.118. The van der Waals surface area contributed by atoms with E-state index in [4.69, 9.17) is 10.00 Å². The number of rotatable bonds is 5. The molecule has 0 unspecified atom stereocenters. The van der Waals surface area contributed by atoms with Gasteiger partial charge >= 0.3 is 0 Å². The zero-order chi connectivity index (χ0) is 17.4. The van der Waals surface area contributed by atoms with E-state index in [1.165, 1.54) is 6.08 Å². The van der Waals surface area contributed by atoms with Crippen LogP contribution < -0.4 is 15.6 Å². The number of carbonyl (C=O) groups is 2. The SMILES string of the molecule is Cc1ccc(/C=C/C(=O)NNC(=O)COc2ccccc2C#N)s1. The number of ether oxygens (including phenoxy) is 1. The van der Waals surface area contributed by atoms with Gasteiger partial charge in [0.05, 0.1) is 5.56 Å². The largest absolute Gasteiger partial charge is 0.482 e. The number of carbonyl (C=O) groups excluding carboxylic acids is 2. The summed E-state index contributed by atoms with van der Waals surface area (Å²) >= 11 is 1.56. The second kappa shape index (κ2) is 8.50. The van der Waals surface area contributed by atoms with Gasteiger partial charge in [-0.3, -0.25) is 20.4 Å². The molecule has 2 N–H and O–H groups in total. The average molecular weight is 341 g/mol. The first-order valence-corrected chi connectivity index (χ1v) is 7.85. The number of hydrogen-bond acceptors (Lipinski definition) is 5. The zero-order valence-corrected chi connectivity index (χ0v) is 13.7. The monoisotopic (exact) mass is 341 g/mol. The first kappa shape index (κ1) is 17.2. The highest BCUT2D eigenvalue weighted by atomic mass is 32.1. The van der Waals surface area contributed by atoms with Gasteiger partial charge in [0.1, 0.15) is 11.8 Å². The molecule has 0 saturated carbocycles. The Labute approximate surface area is 143 Å². The summed E-state index contributed by atoms with van der Waals surface area (Å²) in [5.74, 6) is -0.669. The Morgan fingerprint density at radius 3 is 2.75 bits per heavy atom. The molecule has 122 valence electrons. The number of hydrogen-bond donors (Lipinski definition) is 2. The lowest BCUT2D eigenvalue weighted by molar-refractivity contribution is -0.128. The van der Waals surface area contributed by atoms with E-state index in [9.17, 15) is 9.59 Å². The fourth-order valence-corrected chi connectivity index (χ4v) is 2.52. The second-order valence-corrected chi connectivity index (χ2v) is 6.04. The van der Waals surface area contributed by atoms with E-state index in [1.807, 2.05) is 25.1 Å². The molecule has 0 spiro atoms. The van der Waals surface area contributed by atoms with Crippen LogP contribution in [0.3, 0.4) is 0 Å². The first-order valence-electron chi connectivity index (χ1n) is 7.04. The minimum atomic E-state index is -0.531. The summed E-state index contributed by atoms with van der Waals surface area (Å²) in [7, 11) is 0. The lowest BCUT2D eigenvalue weighted by Gasteiger charge is -2.08. The van der Waals surface area contributed by atoms with Crippen LogP contribution >= 0.6 is 11.3 Å². The molecule has 7 heteroatoms. The van der Waals surface area contributed by atoms with Crippen LogP contribution in [0.4, 0.5) is 0 Å². The maximum Gasteiger partial charge on any atom is 0.276 e. The Hall–Kier alpha value is -3.11. The minimum Gasteiger partial charge on any atom is -0.482 e. The van der Waals surface area contributed by atoms with E-state index in [2.05, 4.69) is 10.9 Å². The molecule has 24 heavy (non-hydrogen) atoms. The number of benzene rings is 1. The summed E-state index contributed by atoms with van der Waals surface area (Å²) in [5.41, 5.74) is 4.83. The van der Waals surface area contributed by atoms with E-state index in [0.29, 0.717) is 11.3 Å². The topological polar surface area (TPSA) is 91.2 Å². The Morgan fingerprint density at radius 2 is 2.04 bits per heavy atom. The number of amides is 2. The highest BCUT2D eigenvalue weighted by Crippen LogP contribution is 2.16. The Bertz CT molecular complexity index is 805. The van der Waals surface area contributed by atoms with Crippen LogP contribution in [-0.4, -0.2) is 18.4 Å². The lowest BCUT2D eigenvalue weighted by atomic mass is 10.2. The fourth-order valence-electron chi connectivity index (χ4n) is 1.74. The van der Waals surface area contributed by atoms with Crippen molar-refractivity contribution in [1.29, 1.82) is 5.26 Å². The molecule has 0 aliphatic carbocycles. The van der Waals surface area contributed by atoms with Crippen molar-refractivity contribution in [1.82, 2.24) is 10.9 Å². The quantitative estimate of drug-likeness (QED) is 0.644. The Morgan fingerprint density at radius 1 is 1.25 bits per heavy atom. The van der Waals surface area contributed by atoms with Gasteiger partial charge in [0.25, 0.3) is 11.8 Å². The molecule has 2 aromatic rings. The second-order valence-electron chi connectivity index (χ2n) is 4.72. The molecule has 2 amide bonds. The molecule has 1 aromatic carbocycles. The molecule has 1 heterocycles. The molecule has 0 aliphatic heterocycles. The number of nitrogens with zero attached hydrogens (tertiary/aromatic N) is 1. The summed E-state index contributed by atoms with van der Waals surface area (Å²) in [5, 5.41) is 8.92. The molecule has 0 saturated heterocycles. The van der Waals surface area contributed by atoms with Gasteiger partial charge in [-0.05, 0) is 37.3 Å². The van der Waals surface area contributed by atoms with Crippen molar-refractivity contribution < 1.29 is 14.3 Å². The zero-order valence-electron chi connectivity index (χ0n) is 12.9. The molecule has 2 rings (SSSR count). The summed E-state index contributed by atoms with van der Waals surface area (Å²) in [6.45, 7) is 1.67. The maximum atomic E-state index is 11.6. The molecule has 0 atom stereocenters. The van der Waals surface area contributed by atoms with Gasteiger partial charge in [-0.1, -0.05) is 12.1 Å². The number of para-hydroxylation sites is 1. The predicted molar refractivity (Wildman–Crippen MR) is 91.0 cm³/mol. The molecule has 0 fully saturated rings. The van der Waals surface area contributed by atoms with Gasteiger partial charge in [0.2, 0.25) is 0 Å². The van der Waals surface area contributed by atoms with Gasteiger partial charge in [0.15, 0.2) is 6.61 Å². The number of nitrogens with one attached hydrogen (secondary N) is 2. The summed E-state index contributed by atoms with van der Waals surface area (Å²) in [4.78, 5) is 25.4. The van der Waals surface area contributed by atoms with Crippen LogP contribution in [-0.2, 0) is 9.59 Å². The highest BCUT2D eigenvalue weighted by molar-refractivity contribution is 7.12. The third-order valence-corrected chi connectivity index (χ3v) is 3.82. The molecule has 0 bridgehead atoms. The van der Waals surface area contributed by atoms with Crippen molar-refractivity contribution in [2.24, 2.45) is 0 Å². The molecule has 0 aliphatic rings. The smallest absolute Gasteiger partial charge is 0.276 e. The van der Waals surface area contributed by atoms with E-state index >= 15 is 0 Å². The van der Waals surface area contributed by atoms with E-state index < -0.39 is 11.8 Å². The Kier molecular flexibility index (Phi) is 6.11. The van der Waals surface area contributed by atoms with Gasteiger partial charge in [-0.25, -0.2) is 0 Å². The molecule has 0 radical (unpaired) electrons. The standard InChI is InChI=1S/C17H15N3O3S/c1-12-6-7-14(24-12)8-9-16(21)19-20-17(22)11-23-15-5-3-2-4-13(15)10-18/h2-9H,11H2,1H3,(H,19,21)(H,20,22)/b9-8+. The van der Waals surface area contributed by atoms with Gasteiger partial charge in [0, 0.05) is 15.8 Å². The van der Waals surface area contributed by atoms with Crippen molar-refractivity contribution in [2.75, 3.05) is 6.61 Å². The van der Waals surface area contributed by atoms with Crippen LogP contribution in [0.15, 0.2) is 42.5 Å². The average Bonchev–Trinajstić information content (AvgIpc) is 3.01. The van der Waals surface area contributed by atoms with Gasteiger partial charge in [-0.15, -0.1) is 11.3 Å². The summed E-state index contributed by atoms with van der Waals surface area (Å²) < 4.78 is 5.25. The van der Waals surface area contributed by atoms with Gasteiger partial charge in [-0.2, -0.15) is 5.26 Å². The van der Waals surface area contributed by atoms with Crippen LogP contribution in [0.5, 0.6) is 5.75 Å². The van der Waals surface area contributed by atoms with Crippen molar-refractivity contribution in [2.45, 2.75) is 6.92 Å². The molecule has 6 nitrogen and oxygen atoms in total. The number of hydrazine groups is 1. The van der Waals surface area contributed by atoms with Crippen LogP contribution in [0.2, 0.25) is 0 Å². The van der Waals surface area contributed by atoms with Crippen molar-refractivity contribution in [3.05, 3.63) is 57.8 Å². The van der Waals surface area contributed by atoms with Crippen molar-refractivity contribution in [3.8, 4) is 11.8 Å². The summed E-state index contributed by atoms with van der Waals surface area (Å²) in [6.07, 6.45) is 3.00. The first-order chi connectivity index (χ1) is 11.6. The third kappa shape index (κ3) is 5.26. The van der Waals surface area contributed by atoms with Crippen LogP contribution in [0.25, 0.3) is 6.08 Å².